The van der Waals surface area contributed by atoms with Crippen molar-refractivity contribution in [2.45, 2.75) is 11.8 Å². The summed E-state index contributed by atoms with van der Waals surface area (Å²) in [7, 11) is -3.92. The van der Waals surface area contributed by atoms with Crippen LogP contribution in [0.5, 0.6) is 0 Å². The minimum Gasteiger partial charge on any atom is -0.398 e. The van der Waals surface area contributed by atoms with Crippen molar-refractivity contribution in [2.24, 2.45) is 0 Å². The fourth-order valence-electron chi connectivity index (χ4n) is 1.75. The van der Waals surface area contributed by atoms with Crippen molar-refractivity contribution < 1.29 is 8.42 Å². The molecular weight excluding hydrogens is 399 g/mol. The van der Waals surface area contributed by atoms with Crippen LogP contribution in [0.1, 0.15) is 5.56 Å². The lowest BCUT2D eigenvalue weighted by Gasteiger charge is -2.14. The summed E-state index contributed by atoms with van der Waals surface area (Å²) < 4.78 is 28.0. The zero-order valence-electron chi connectivity index (χ0n) is 10.8. The van der Waals surface area contributed by atoms with Gasteiger partial charge in [-0.3, -0.25) is 4.72 Å². The maximum Gasteiger partial charge on any atom is 0.264 e. The average molecular weight is 410 g/mol. The standard InChI is InChI=1S/C13H11BrCl2N2O2S/c1-7-11(17)3-2-4-12(7)18-21(19,20)13-9(15)5-8(14)6-10(13)16/h2-6,18H,17H2,1H3. The van der Waals surface area contributed by atoms with Crippen LogP contribution in [-0.4, -0.2) is 8.42 Å². The first-order valence-electron chi connectivity index (χ1n) is 5.75. The average Bonchev–Trinajstić information content (AvgIpc) is 2.33. The Hall–Kier alpha value is -0.950. The maximum atomic E-state index is 12.5. The van der Waals surface area contributed by atoms with E-state index in [1.54, 1.807) is 25.1 Å². The van der Waals surface area contributed by atoms with Gasteiger partial charge in [0.25, 0.3) is 10.0 Å². The number of hydrogen-bond donors (Lipinski definition) is 2. The molecule has 21 heavy (non-hydrogen) atoms. The SMILES string of the molecule is Cc1c(N)cccc1NS(=O)(=O)c1c(Cl)cc(Br)cc1Cl. The van der Waals surface area contributed by atoms with Gasteiger partial charge in [0, 0.05) is 10.2 Å². The molecule has 0 atom stereocenters. The van der Waals surface area contributed by atoms with Crippen LogP contribution in [0, 0.1) is 6.92 Å². The third kappa shape index (κ3) is 3.45. The van der Waals surface area contributed by atoms with E-state index in [0.717, 1.165) is 0 Å². The van der Waals surface area contributed by atoms with E-state index in [-0.39, 0.29) is 14.9 Å². The fourth-order valence-corrected chi connectivity index (χ4v) is 4.81. The lowest BCUT2D eigenvalue weighted by Crippen LogP contribution is -2.15. The van der Waals surface area contributed by atoms with E-state index >= 15 is 0 Å². The second-order valence-corrected chi connectivity index (χ2v) is 7.67. The lowest BCUT2D eigenvalue weighted by molar-refractivity contribution is 0.601. The second-order valence-electron chi connectivity index (χ2n) is 4.32. The van der Waals surface area contributed by atoms with E-state index in [1.165, 1.54) is 12.1 Å². The van der Waals surface area contributed by atoms with Gasteiger partial charge < -0.3 is 5.73 Å². The Morgan fingerprint density at radius 1 is 1.19 bits per heavy atom. The van der Waals surface area contributed by atoms with Gasteiger partial charge in [-0.1, -0.05) is 45.2 Å². The number of benzene rings is 2. The van der Waals surface area contributed by atoms with Crippen LogP contribution in [0.15, 0.2) is 39.7 Å². The molecule has 8 heteroatoms. The Morgan fingerprint density at radius 3 is 2.33 bits per heavy atom. The molecule has 0 aliphatic rings. The molecule has 0 aromatic heterocycles. The van der Waals surface area contributed by atoms with Crippen molar-refractivity contribution >= 4 is 60.5 Å². The van der Waals surface area contributed by atoms with Gasteiger partial charge in [0.15, 0.2) is 0 Å². The van der Waals surface area contributed by atoms with Gasteiger partial charge >= 0.3 is 0 Å². The number of nitrogens with two attached hydrogens (primary N) is 1. The summed E-state index contributed by atoms with van der Waals surface area (Å²) in [5.41, 5.74) is 7.26. The highest BCUT2D eigenvalue weighted by molar-refractivity contribution is 9.10. The van der Waals surface area contributed by atoms with Crippen molar-refractivity contribution in [1.82, 2.24) is 0 Å². The molecule has 0 aliphatic carbocycles. The maximum absolute atomic E-state index is 12.5. The number of nitrogens with one attached hydrogen (secondary N) is 1. The molecule has 0 heterocycles. The van der Waals surface area contributed by atoms with Gasteiger partial charge in [-0.05, 0) is 36.8 Å². The molecule has 0 unspecified atom stereocenters. The van der Waals surface area contributed by atoms with Crippen LogP contribution in [0.2, 0.25) is 10.0 Å². The third-order valence-electron chi connectivity index (χ3n) is 2.85. The van der Waals surface area contributed by atoms with Crippen LogP contribution in [0.25, 0.3) is 0 Å². The summed E-state index contributed by atoms with van der Waals surface area (Å²) in [6, 6.07) is 7.89. The first-order valence-corrected chi connectivity index (χ1v) is 8.78. The number of anilines is 2. The van der Waals surface area contributed by atoms with E-state index in [2.05, 4.69) is 20.7 Å². The van der Waals surface area contributed by atoms with Crippen LogP contribution in [0.3, 0.4) is 0 Å². The quantitative estimate of drug-likeness (QED) is 0.735. The van der Waals surface area contributed by atoms with Crippen molar-refractivity contribution in [1.29, 1.82) is 0 Å². The molecule has 2 aromatic rings. The monoisotopic (exact) mass is 408 g/mol. The van der Waals surface area contributed by atoms with Crippen molar-refractivity contribution in [3.63, 3.8) is 0 Å². The van der Waals surface area contributed by atoms with Crippen LogP contribution in [-0.2, 0) is 10.0 Å². The normalized spacial score (nSPS) is 11.4. The molecule has 0 saturated carbocycles. The van der Waals surface area contributed by atoms with E-state index in [9.17, 15) is 8.42 Å². The Balaban J connectivity index is 2.51. The molecule has 2 aromatic carbocycles. The Kier molecular flexibility index (Phi) is 4.72. The summed E-state index contributed by atoms with van der Waals surface area (Å²) in [6.07, 6.45) is 0. The number of halogens is 3. The molecule has 112 valence electrons. The largest absolute Gasteiger partial charge is 0.398 e. The summed E-state index contributed by atoms with van der Waals surface area (Å²) in [5.74, 6) is 0. The van der Waals surface area contributed by atoms with Gasteiger partial charge in [0.05, 0.1) is 15.7 Å². The van der Waals surface area contributed by atoms with Crippen molar-refractivity contribution in [3.05, 3.63) is 50.4 Å². The molecule has 4 nitrogen and oxygen atoms in total. The smallest absolute Gasteiger partial charge is 0.264 e. The third-order valence-corrected chi connectivity index (χ3v) is 5.60. The highest BCUT2D eigenvalue weighted by Gasteiger charge is 2.23. The molecule has 3 N–H and O–H groups in total. The van der Waals surface area contributed by atoms with E-state index in [4.69, 9.17) is 28.9 Å². The van der Waals surface area contributed by atoms with E-state index in [1.807, 2.05) is 0 Å². The minimum absolute atomic E-state index is 0.0310. The number of sulfonamides is 1. The first kappa shape index (κ1) is 16.4. The fraction of sp³-hybridized carbons (Fsp3) is 0.0769. The Labute approximate surface area is 141 Å². The van der Waals surface area contributed by atoms with Gasteiger partial charge in [-0.2, -0.15) is 0 Å². The van der Waals surface area contributed by atoms with E-state index < -0.39 is 10.0 Å². The zero-order valence-corrected chi connectivity index (χ0v) is 14.7. The molecule has 0 spiro atoms. The van der Waals surface area contributed by atoms with Gasteiger partial charge in [-0.25, -0.2) is 8.42 Å². The van der Waals surface area contributed by atoms with Gasteiger partial charge in [0.2, 0.25) is 0 Å². The van der Waals surface area contributed by atoms with Crippen molar-refractivity contribution in [2.75, 3.05) is 10.5 Å². The number of nitrogen functional groups attached to an aromatic ring is 1. The van der Waals surface area contributed by atoms with E-state index in [0.29, 0.717) is 21.4 Å². The van der Waals surface area contributed by atoms with Gasteiger partial charge in [0.1, 0.15) is 4.90 Å². The summed E-state index contributed by atoms with van der Waals surface area (Å²) in [4.78, 5) is -0.171. The van der Waals surface area contributed by atoms with Crippen LogP contribution in [0.4, 0.5) is 11.4 Å². The number of rotatable bonds is 3. The summed E-state index contributed by atoms with van der Waals surface area (Å²) >= 11 is 15.2. The topological polar surface area (TPSA) is 72.2 Å². The molecule has 0 aliphatic heterocycles. The van der Waals surface area contributed by atoms with Crippen molar-refractivity contribution in [3.8, 4) is 0 Å². The highest BCUT2D eigenvalue weighted by atomic mass is 79.9. The molecule has 2 rings (SSSR count). The summed E-state index contributed by atoms with van der Waals surface area (Å²) in [6.45, 7) is 1.72. The first-order chi connectivity index (χ1) is 9.72. The predicted octanol–water partition coefficient (Wildman–Crippen LogP) is 4.45. The molecular formula is C13H11BrCl2N2O2S. The molecule has 0 radical (unpaired) electrons. The highest BCUT2D eigenvalue weighted by Crippen LogP contribution is 2.34. The molecule has 0 saturated heterocycles. The Morgan fingerprint density at radius 2 is 1.76 bits per heavy atom. The molecule has 0 bridgehead atoms. The number of hydrogen-bond acceptors (Lipinski definition) is 3. The summed E-state index contributed by atoms with van der Waals surface area (Å²) in [5, 5.41) is 0.0619. The Bertz CT molecular complexity index is 787. The predicted molar refractivity (Wildman–Crippen MR) is 90.6 cm³/mol. The van der Waals surface area contributed by atoms with Gasteiger partial charge in [-0.15, -0.1) is 0 Å². The second kappa shape index (κ2) is 6.04. The lowest BCUT2D eigenvalue weighted by atomic mass is 10.2. The van der Waals surface area contributed by atoms with Crippen LogP contribution < -0.4 is 10.5 Å². The molecule has 0 fully saturated rings. The molecule has 0 amide bonds. The minimum atomic E-state index is -3.92. The zero-order chi connectivity index (χ0) is 15.8. The van der Waals surface area contributed by atoms with Crippen LogP contribution >= 0.6 is 39.1 Å².